The average Bonchev–Trinajstić information content (AvgIpc) is 3.80. The number of nitrogens with one attached hydrogen (secondary N) is 4. The van der Waals surface area contributed by atoms with Gasteiger partial charge in [0.15, 0.2) is 5.65 Å². The first-order valence-electron chi connectivity index (χ1n) is 15.7. The largest absolute Gasteiger partial charge is 0.384 e. The first-order valence-corrected chi connectivity index (χ1v) is 15.7. The minimum absolute atomic E-state index is 0.297. The van der Waals surface area contributed by atoms with Crippen LogP contribution < -0.4 is 10.6 Å². The number of nitrogens with zero attached hydrogens (tertiary/aromatic N) is 5. The van der Waals surface area contributed by atoms with Crippen molar-refractivity contribution in [3.63, 3.8) is 0 Å². The van der Waals surface area contributed by atoms with E-state index in [1.165, 1.54) is 31.7 Å². The van der Waals surface area contributed by atoms with Crippen LogP contribution in [0.3, 0.4) is 0 Å². The number of halogens is 1. The van der Waals surface area contributed by atoms with E-state index in [0.717, 1.165) is 86.7 Å². The molecule has 4 N–H and O–H groups in total. The minimum Gasteiger partial charge on any atom is -0.384 e. The lowest BCUT2D eigenvalue weighted by molar-refractivity contribution is 0.425. The van der Waals surface area contributed by atoms with Crippen LogP contribution in [0.25, 0.3) is 55.6 Å². The fourth-order valence-electron chi connectivity index (χ4n) is 6.33. The smallest absolute Gasteiger partial charge is 0.181 e. The van der Waals surface area contributed by atoms with Gasteiger partial charge < -0.3 is 20.5 Å². The van der Waals surface area contributed by atoms with Gasteiger partial charge in [0.1, 0.15) is 5.82 Å². The topological polar surface area (TPSA) is 110 Å². The van der Waals surface area contributed by atoms with Crippen molar-refractivity contribution in [3.05, 3.63) is 78.8 Å². The Kier molecular flexibility index (Phi) is 8.23. The Morgan fingerprint density at radius 1 is 0.889 bits per heavy atom. The van der Waals surface area contributed by atoms with Gasteiger partial charge in [0, 0.05) is 77.6 Å². The second-order valence-corrected chi connectivity index (χ2v) is 12.3. The lowest BCUT2D eigenvalue weighted by atomic mass is 10.0. The highest BCUT2D eigenvalue weighted by atomic mass is 19.1. The number of likely N-dealkylation sites (N-methyl/N-ethyl adjacent to an activating group) is 1. The molecule has 230 valence electrons. The van der Waals surface area contributed by atoms with Crippen molar-refractivity contribution in [1.29, 1.82) is 0 Å². The van der Waals surface area contributed by atoms with Crippen molar-refractivity contribution < 1.29 is 4.39 Å². The molecule has 10 heteroatoms. The Balaban J connectivity index is 1.17. The SMILES string of the molecule is CN(C)CCNc1cc(F)cc(-c2cncc3[nH]c(-c4[nH]nc5ncc(-c6cncc(CNCC7CCCC7)c6)cc45)cc23)c1. The highest BCUT2D eigenvalue weighted by molar-refractivity contribution is 6.00. The van der Waals surface area contributed by atoms with Crippen LogP contribution in [0.1, 0.15) is 31.2 Å². The van der Waals surface area contributed by atoms with E-state index in [2.05, 4.69) is 63.9 Å². The Morgan fingerprint density at radius 3 is 2.60 bits per heavy atom. The molecule has 6 aromatic rings. The zero-order valence-corrected chi connectivity index (χ0v) is 25.7. The van der Waals surface area contributed by atoms with E-state index in [0.29, 0.717) is 12.2 Å². The number of rotatable bonds is 11. The summed E-state index contributed by atoms with van der Waals surface area (Å²) in [6.45, 7) is 3.42. The van der Waals surface area contributed by atoms with E-state index in [9.17, 15) is 4.39 Å². The van der Waals surface area contributed by atoms with Crippen molar-refractivity contribution in [1.82, 2.24) is 40.3 Å². The van der Waals surface area contributed by atoms with Crippen LogP contribution in [0.5, 0.6) is 0 Å². The monoisotopic (exact) mass is 603 g/mol. The minimum atomic E-state index is -0.297. The van der Waals surface area contributed by atoms with Crippen molar-refractivity contribution >= 4 is 27.6 Å². The molecule has 9 nitrogen and oxygen atoms in total. The number of H-pyrrole nitrogens is 2. The molecule has 5 aromatic heterocycles. The standard InChI is InChI=1S/C35H38FN9/c1-45(2)8-7-40-28-11-24(10-27(36)13-28)31-20-39-21-33-29(31)14-32(42-33)34-30-12-26(19-41-35(30)44-43-34)25-9-23(17-38-18-25)16-37-15-22-5-3-4-6-22/h9-14,17-22,37,40,42H,3-8,15-16H2,1-2H3,(H,41,43,44). The number of hydrogen-bond acceptors (Lipinski definition) is 7. The Labute approximate surface area is 261 Å². The number of anilines is 1. The first-order chi connectivity index (χ1) is 22.0. The van der Waals surface area contributed by atoms with Crippen LogP contribution in [0.15, 0.2) is 67.4 Å². The number of aromatic nitrogens is 6. The van der Waals surface area contributed by atoms with Crippen molar-refractivity contribution in [2.24, 2.45) is 5.92 Å². The summed E-state index contributed by atoms with van der Waals surface area (Å²) in [5.74, 6) is 0.499. The molecule has 1 saturated carbocycles. The number of aromatic amines is 2. The first kappa shape index (κ1) is 29.1. The quantitative estimate of drug-likeness (QED) is 0.132. The van der Waals surface area contributed by atoms with E-state index in [1.54, 1.807) is 18.5 Å². The summed E-state index contributed by atoms with van der Waals surface area (Å²) in [6.07, 6.45) is 14.6. The summed E-state index contributed by atoms with van der Waals surface area (Å²) in [6, 6.07) is 11.4. The lowest BCUT2D eigenvalue weighted by Crippen LogP contribution is -2.20. The number of fused-ring (bicyclic) bond motifs is 2. The molecule has 1 aliphatic rings. The second-order valence-electron chi connectivity index (χ2n) is 12.3. The van der Waals surface area contributed by atoms with Crippen LogP contribution in [0, 0.1) is 11.7 Å². The molecule has 45 heavy (non-hydrogen) atoms. The van der Waals surface area contributed by atoms with Crippen LogP contribution in [-0.4, -0.2) is 68.8 Å². The molecule has 1 aliphatic carbocycles. The zero-order valence-electron chi connectivity index (χ0n) is 25.7. The predicted molar refractivity (Wildman–Crippen MR) is 178 cm³/mol. The van der Waals surface area contributed by atoms with Crippen molar-refractivity contribution in [3.8, 4) is 33.6 Å². The van der Waals surface area contributed by atoms with Crippen molar-refractivity contribution in [2.45, 2.75) is 32.2 Å². The summed E-state index contributed by atoms with van der Waals surface area (Å²) in [7, 11) is 4.03. The fourth-order valence-corrected chi connectivity index (χ4v) is 6.33. The molecule has 1 fully saturated rings. The number of hydrogen-bond donors (Lipinski definition) is 4. The molecule has 0 atom stereocenters. The molecular formula is C35H38FN9. The Hall–Kier alpha value is -4.67. The van der Waals surface area contributed by atoms with E-state index in [-0.39, 0.29) is 5.82 Å². The third-order valence-corrected chi connectivity index (χ3v) is 8.69. The van der Waals surface area contributed by atoms with Crippen molar-refractivity contribution in [2.75, 3.05) is 39.0 Å². The molecular weight excluding hydrogens is 565 g/mol. The summed E-state index contributed by atoms with van der Waals surface area (Å²) in [5.41, 5.74) is 8.64. The third kappa shape index (κ3) is 6.43. The van der Waals surface area contributed by atoms with Gasteiger partial charge >= 0.3 is 0 Å². The van der Waals surface area contributed by atoms with Gasteiger partial charge in [-0.3, -0.25) is 15.1 Å². The molecule has 7 rings (SSSR count). The normalized spacial score (nSPS) is 13.9. The van der Waals surface area contributed by atoms with Gasteiger partial charge in [0.25, 0.3) is 0 Å². The maximum absolute atomic E-state index is 14.7. The fraction of sp³-hybridized carbons (Fsp3) is 0.314. The summed E-state index contributed by atoms with van der Waals surface area (Å²) < 4.78 is 14.7. The highest BCUT2D eigenvalue weighted by Gasteiger charge is 2.17. The summed E-state index contributed by atoms with van der Waals surface area (Å²) in [4.78, 5) is 19.2. The Morgan fingerprint density at radius 2 is 1.73 bits per heavy atom. The van der Waals surface area contributed by atoms with Gasteiger partial charge in [-0.1, -0.05) is 12.8 Å². The second kappa shape index (κ2) is 12.7. The van der Waals surface area contributed by atoms with Gasteiger partial charge in [-0.25, -0.2) is 9.37 Å². The van der Waals surface area contributed by atoms with Gasteiger partial charge in [-0.15, -0.1) is 0 Å². The van der Waals surface area contributed by atoms with Crippen LogP contribution in [0.4, 0.5) is 10.1 Å². The molecule has 0 aliphatic heterocycles. The zero-order chi connectivity index (χ0) is 30.8. The van der Waals surface area contributed by atoms with Gasteiger partial charge in [0.2, 0.25) is 0 Å². The van der Waals surface area contributed by atoms with E-state index in [1.807, 2.05) is 38.8 Å². The lowest BCUT2D eigenvalue weighted by Gasteiger charge is -2.13. The Bertz CT molecular complexity index is 1940. The third-order valence-electron chi connectivity index (χ3n) is 8.69. The van der Waals surface area contributed by atoms with Gasteiger partial charge in [0.05, 0.1) is 23.1 Å². The van der Waals surface area contributed by atoms with E-state index in [4.69, 9.17) is 0 Å². The number of pyridine rings is 3. The maximum Gasteiger partial charge on any atom is 0.181 e. The molecule has 0 spiro atoms. The van der Waals surface area contributed by atoms with Gasteiger partial charge in [-0.05, 0) is 86.9 Å². The molecule has 0 bridgehead atoms. The van der Waals surface area contributed by atoms with Gasteiger partial charge in [-0.2, -0.15) is 5.10 Å². The van der Waals surface area contributed by atoms with Crippen LogP contribution in [-0.2, 0) is 6.54 Å². The van der Waals surface area contributed by atoms with Crippen LogP contribution in [0.2, 0.25) is 0 Å². The maximum atomic E-state index is 14.7. The molecule has 0 unspecified atom stereocenters. The van der Waals surface area contributed by atoms with E-state index >= 15 is 0 Å². The molecule has 0 saturated heterocycles. The summed E-state index contributed by atoms with van der Waals surface area (Å²) in [5, 5.41) is 16.5. The molecule has 1 aromatic carbocycles. The van der Waals surface area contributed by atoms with E-state index < -0.39 is 0 Å². The van der Waals surface area contributed by atoms with Crippen LogP contribution >= 0.6 is 0 Å². The average molecular weight is 604 g/mol. The molecule has 0 amide bonds. The molecule has 5 heterocycles. The predicted octanol–water partition coefficient (Wildman–Crippen LogP) is 6.62. The summed E-state index contributed by atoms with van der Waals surface area (Å²) >= 11 is 0. The highest BCUT2D eigenvalue weighted by Crippen LogP contribution is 2.35. The molecule has 0 radical (unpaired) electrons. The number of benzene rings is 1.